The molecular formula is C10H17N3O4. The van der Waals surface area contributed by atoms with Gasteiger partial charge in [0.1, 0.15) is 6.54 Å². The first-order valence-electron chi connectivity index (χ1n) is 5.44. The first-order chi connectivity index (χ1) is 7.91. The summed E-state index contributed by atoms with van der Waals surface area (Å²) in [7, 11) is 1.44. The summed E-state index contributed by atoms with van der Waals surface area (Å²) < 4.78 is 0. The van der Waals surface area contributed by atoms with Crippen LogP contribution in [0.2, 0.25) is 0 Å². The van der Waals surface area contributed by atoms with Gasteiger partial charge in [-0.05, 0) is 12.8 Å². The highest BCUT2D eigenvalue weighted by molar-refractivity contribution is 5.83. The van der Waals surface area contributed by atoms with Gasteiger partial charge in [-0.2, -0.15) is 0 Å². The quantitative estimate of drug-likeness (QED) is 0.609. The topological polar surface area (TPSA) is 113 Å². The van der Waals surface area contributed by atoms with Crippen LogP contribution in [0.3, 0.4) is 0 Å². The third-order valence-corrected chi connectivity index (χ3v) is 2.88. The normalized spacial score (nSPS) is 23.1. The van der Waals surface area contributed by atoms with Crippen LogP contribution in [0.5, 0.6) is 0 Å². The number of nitrogens with zero attached hydrogens (tertiary/aromatic N) is 1. The van der Waals surface area contributed by atoms with Crippen molar-refractivity contribution in [2.24, 2.45) is 11.7 Å². The van der Waals surface area contributed by atoms with Gasteiger partial charge in [-0.1, -0.05) is 6.42 Å². The molecule has 7 heteroatoms. The smallest absolute Gasteiger partial charge is 0.317 e. The molecule has 0 radical (unpaired) electrons. The van der Waals surface area contributed by atoms with E-state index in [1.807, 2.05) is 0 Å². The third kappa shape index (κ3) is 3.61. The van der Waals surface area contributed by atoms with Crippen LogP contribution in [0.4, 0.5) is 4.79 Å². The molecule has 1 rings (SSSR count). The number of nitrogens with one attached hydrogen (secondary N) is 1. The van der Waals surface area contributed by atoms with Crippen LogP contribution in [-0.2, 0) is 9.59 Å². The second kappa shape index (κ2) is 5.51. The minimum atomic E-state index is -0.898. The van der Waals surface area contributed by atoms with Gasteiger partial charge in [-0.15, -0.1) is 0 Å². The SMILES string of the molecule is CN(CC(N)=O)C(=O)NC1CCCC1C(=O)O. The van der Waals surface area contributed by atoms with Gasteiger partial charge in [0, 0.05) is 13.1 Å². The molecule has 0 aromatic carbocycles. The number of hydrogen-bond donors (Lipinski definition) is 3. The molecule has 7 nitrogen and oxygen atoms in total. The van der Waals surface area contributed by atoms with E-state index >= 15 is 0 Å². The van der Waals surface area contributed by atoms with Crippen molar-refractivity contribution < 1.29 is 19.5 Å². The molecule has 0 spiro atoms. The minimum absolute atomic E-state index is 0.184. The van der Waals surface area contributed by atoms with Crippen LogP contribution in [0.25, 0.3) is 0 Å². The van der Waals surface area contributed by atoms with Gasteiger partial charge in [0.2, 0.25) is 5.91 Å². The summed E-state index contributed by atoms with van der Waals surface area (Å²) in [4.78, 5) is 34.3. The Morgan fingerprint density at radius 1 is 1.41 bits per heavy atom. The molecule has 1 aliphatic rings. The van der Waals surface area contributed by atoms with E-state index in [9.17, 15) is 14.4 Å². The summed E-state index contributed by atoms with van der Waals surface area (Å²) in [5.41, 5.74) is 4.96. The Morgan fingerprint density at radius 3 is 2.59 bits per heavy atom. The second-order valence-electron chi connectivity index (χ2n) is 4.25. The fraction of sp³-hybridized carbons (Fsp3) is 0.700. The van der Waals surface area contributed by atoms with Crippen molar-refractivity contribution in [3.05, 3.63) is 0 Å². The van der Waals surface area contributed by atoms with Gasteiger partial charge in [0.15, 0.2) is 0 Å². The lowest BCUT2D eigenvalue weighted by molar-refractivity contribution is -0.142. The fourth-order valence-corrected chi connectivity index (χ4v) is 2.00. The van der Waals surface area contributed by atoms with E-state index in [2.05, 4.69) is 5.32 Å². The van der Waals surface area contributed by atoms with E-state index in [0.29, 0.717) is 12.8 Å². The molecule has 1 saturated carbocycles. The molecule has 4 N–H and O–H groups in total. The Balaban J connectivity index is 2.50. The predicted molar refractivity (Wildman–Crippen MR) is 59.1 cm³/mol. The summed E-state index contributed by atoms with van der Waals surface area (Å²) in [6.07, 6.45) is 1.99. The molecule has 0 saturated heterocycles. The lowest BCUT2D eigenvalue weighted by Gasteiger charge is -2.22. The van der Waals surface area contributed by atoms with Gasteiger partial charge < -0.3 is 21.1 Å². The Kier molecular flexibility index (Phi) is 4.30. The maximum absolute atomic E-state index is 11.6. The van der Waals surface area contributed by atoms with Gasteiger partial charge >= 0.3 is 12.0 Å². The summed E-state index contributed by atoms with van der Waals surface area (Å²) >= 11 is 0. The minimum Gasteiger partial charge on any atom is -0.481 e. The van der Waals surface area contributed by atoms with Gasteiger partial charge in [0.05, 0.1) is 5.92 Å². The number of urea groups is 1. The Hall–Kier alpha value is -1.79. The number of carboxylic acids is 1. The molecular weight excluding hydrogens is 226 g/mol. The zero-order valence-corrected chi connectivity index (χ0v) is 9.68. The van der Waals surface area contributed by atoms with E-state index in [1.165, 1.54) is 7.05 Å². The number of carbonyl (C=O) groups excluding carboxylic acids is 2. The number of amides is 3. The largest absolute Gasteiger partial charge is 0.481 e. The molecule has 0 aliphatic heterocycles. The highest BCUT2D eigenvalue weighted by Crippen LogP contribution is 2.25. The summed E-state index contributed by atoms with van der Waals surface area (Å²) in [5.74, 6) is -2.05. The van der Waals surface area contributed by atoms with Crippen molar-refractivity contribution in [1.82, 2.24) is 10.2 Å². The van der Waals surface area contributed by atoms with E-state index in [-0.39, 0.29) is 12.6 Å². The zero-order chi connectivity index (χ0) is 13.0. The Morgan fingerprint density at radius 2 is 2.06 bits per heavy atom. The lowest BCUT2D eigenvalue weighted by atomic mass is 10.0. The lowest BCUT2D eigenvalue weighted by Crippen LogP contribution is -2.48. The van der Waals surface area contributed by atoms with Crippen LogP contribution in [-0.4, -0.2) is 47.5 Å². The number of carbonyl (C=O) groups is 3. The third-order valence-electron chi connectivity index (χ3n) is 2.88. The van der Waals surface area contributed by atoms with Gasteiger partial charge in [-0.3, -0.25) is 9.59 Å². The molecule has 17 heavy (non-hydrogen) atoms. The van der Waals surface area contributed by atoms with Gasteiger partial charge in [0.25, 0.3) is 0 Å². The zero-order valence-electron chi connectivity index (χ0n) is 9.68. The maximum Gasteiger partial charge on any atom is 0.317 e. The Labute approximate surface area is 98.9 Å². The van der Waals surface area contributed by atoms with E-state index in [4.69, 9.17) is 10.8 Å². The molecule has 0 aromatic heterocycles. The number of nitrogens with two attached hydrogens (primary N) is 1. The number of rotatable bonds is 4. The summed E-state index contributed by atoms with van der Waals surface area (Å²) in [5, 5.41) is 11.6. The van der Waals surface area contributed by atoms with Crippen LogP contribution < -0.4 is 11.1 Å². The molecule has 0 aromatic rings. The monoisotopic (exact) mass is 243 g/mol. The van der Waals surface area contributed by atoms with Crippen LogP contribution in [0.15, 0.2) is 0 Å². The van der Waals surface area contributed by atoms with E-state index in [0.717, 1.165) is 11.3 Å². The molecule has 2 unspecified atom stereocenters. The second-order valence-corrected chi connectivity index (χ2v) is 4.25. The molecule has 2 atom stereocenters. The predicted octanol–water partition coefficient (Wildman–Crippen LogP) is -0.634. The van der Waals surface area contributed by atoms with Crippen LogP contribution in [0.1, 0.15) is 19.3 Å². The average Bonchev–Trinajstić information content (AvgIpc) is 2.64. The molecule has 0 bridgehead atoms. The number of aliphatic carboxylic acids is 1. The number of likely N-dealkylation sites (N-methyl/N-ethyl adjacent to an activating group) is 1. The van der Waals surface area contributed by atoms with Crippen molar-refractivity contribution in [2.45, 2.75) is 25.3 Å². The molecule has 96 valence electrons. The number of primary amides is 1. The molecule has 1 fully saturated rings. The molecule has 0 heterocycles. The maximum atomic E-state index is 11.6. The standard InChI is InChI=1S/C10H17N3O4/c1-13(5-8(11)14)10(17)12-7-4-2-3-6(7)9(15)16/h6-7H,2-5H2,1H3,(H2,11,14)(H,12,17)(H,15,16). The average molecular weight is 243 g/mol. The number of carboxylic acid groups (broad SMARTS) is 1. The van der Waals surface area contributed by atoms with Crippen molar-refractivity contribution in [2.75, 3.05) is 13.6 Å². The summed E-state index contributed by atoms with van der Waals surface area (Å²) in [6, 6.07) is -0.836. The van der Waals surface area contributed by atoms with Crippen molar-refractivity contribution in [1.29, 1.82) is 0 Å². The summed E-state index contributed by atoms with van der Waals surface area (Å²) in [6.45, 7) is -0.184. The van der Waals surface area contributed by atoms with Gasteiger partial charge in [-0.25, -0.2) is 4.79 Å². The van der Waals surface area contributed by atoms with Crippen molar-refractivity contribution >= 4 is 17.9 Å². The first-order valence-corrected chi connectivity index (χ1v) is 5.44. The van der Waals surface area contributed by atoms with Crippen molar-refractivity contribution in [3.8, 4) is 0 Å². The first kappa shape index (κ1) is 13.3. The van der Waals surface area contributed by atoms with Crippen LogP contribution >= 0.6 is 0 Å². The highest BCUT2D eigenvalue weighted by atomic mass is 16.4. The van der Waals surface area contributed by atoms with E-state index in [1.54, 1.807) is 0 Å². The highest BCUT2D eigenvalue weighted by Gasteiger charge is 2.34. The Bertz CT molecular complexity index is 332. The van der Waals surface area contributed by atoms with Crippen molar-refractivity contribution in [3.63, 3.8) is 0 Å². The molecule has 1 aliphatic carbocycles. The fourth-order valence-electron chi connectivity index (χ4n) is 2.00. The number of hydrogen-bond acceptors (Lipinski definition) is 3. The van der Waals surface area contributed by atoms with E-state index < -0.39 is 23.8 Å². The van der Waals surface area contributed by atoms with Crippen LogP contribution in [0, 0.1) is 5.92 Å². The molecule has 3 amide bonds.